The van der Waals surface area contributed by atoms with Gasteiger partial charge in [-0.05, 0) is 256 Å². The predicted molar refractivity (Wildman–Crippen MR) is 292 cm³/mol. The summed E-state index contributed by atoms with van der Waals surface area (Å²) in [5.74, 6) is 6.27. The molecule has 2 amide bonds. The summed E-state index contributed by atoms with van der Waals surface area (Å²) in [6.07, 6.45) is 21.8. The van der Waals surface area contributed by atoms with Gasteiger partial charge in [0.05, 0.1) is 0 Å². The zero-order valence-corrected chi connectivity index (χ0v) is 48.5. The Balaban J connectivity index is 0.000000209. The molecule has 6 aliphatic rings. The van der Waals surface area contributed by atoms with Crippen molar-refractivity contribution in [2.45, 2.75) is 229 Å². The van der Waals surface area contributed by atoms with E-state index in [2.05, 4.69) is 48.1 Å². The van der Waals surface area contributed by atoms with Crippen LogP contribution in [0.15, 0.2) is 46.5 Å². The van der Waals surface area contributed by atoms with Gasteiger partial charge in [-0.1, -0.05) is 12.1 Å². The number of hydrogen-bond donors (Lipinski definition) is 4. The molecule has 0 aromatic carbocycles. The Hall–Kier alpha value is -3.65. The number of rotatable bonds is 20. The highest BCUT2D eigenvalue weighted by Crippen LogP contribution is 2.52. The van der Waals surface area contributed by atoms with E-state index in [1.807, 2.05) is 57.4 Å². The maximum atomic E-state index is 12.9. The molecule has 8 rings (SSSR count). The molecule has 16 nitrogen and oxygen atoms in total. The van der Waals surface area contributed by atoms with E-state index in [0.29, 0.717) is 30.2 Å². The molecule has 4 heterocycles. The number of aromatic nitrogens is 2. The van der Waals surface area contributed by atoms with Crippen molar-refractivity contribution in [2.24, 2.45) is 63.4 Å². The minimum absolute atomic E-state index is 0.115. The first-order valence-corrected chi connectivity index (χ1v) is 31.0. The third-order valence-electron chi connectivity index (χ3n) is 16.0. The number of hydrogen-bond acceptors (Lipinski definition) is 12. The fraction of sp³-hybridized carbons (Fsp3) is 0.786. The zero-order chi connectivity index (χ0) is 55.3. The SMILES string of the molecule is CC(C)(C)OC(=O)N1C[C@@H](CCC(CCC(C2CC2)C2CC2)Nc2cccc(S(N)(=O)=O)n2)CC1(C)C.CC(C)(C)OC(=O)N1C[C@@H](CCC(N)CCC(C2CC2)C2CC2)CC1(C)C.NS(=O)(=O)c1cccc(F)n1. The number of carbonyl (C=O) groups is 2. The molecule has 0 spiro atoms. The van der Waals surface area contributed by atoms with E-state index in [1.165, 1.54) is 82.8 Å². The van der Waals surface area contributed by atoms with Gasteiger partial charge < -0.3 is 30.3 Å². The minimum Gasteiger partial charge on any atom is -0.444 e. The van der Waals surface area contributed by atoms with Crippen molar-refractivity contribution < 1.29 is 40.3 Å². The van der Waals surface area contributed by atoms with Crippen LogP contribution in [0.4, 0.5) is 19.8 Å². The maximum Gasteiger partial charge on any atom is 0.410 e. The quantitative estimate of drug-likeness (QED) is 0.0905. The smallest absolute Gasteiger partial charge is 0.410 e. The second-order valence-corrected chi connectivity index (χ2v) is 29.3. The van der Waals surface area contributed by atoms with E-state index in [4.69, 9.17) is 20.3 Å². The number of primary sulfonamides is 2. The Bertz CT molecular complexity index is 2430. The second-order valence-electron chi connectivity index (χ2n) is 26.3. The van der Waals surface area contributed by atoms with Crippen LogP contribution in [0.1, 0.15) is 185 Å². The average Bonchev–Trinajstić information content (AvgIpc) is 4.06. The highest BCUT2D eigenvalue weighted by molar-refractivity contribution is 7.89. The normalized spacial score (nSPS) is 22.5. The van der Waals surface area contributed by atoms with Crippen molar-refractivity contribution in [2.75, 3.05) is 18.4 Å². The molecule has 2 aromatic rings. The molecule has 6 fully saturated rings. The fourth-order valence-corrected chi connectivity index (χ4v) is 12.8. The van der Waals surface area contributed by atoms with E-state index in [1.54, 1.807) is 6.07 Å². The van der Waals surface area contributed by atoms with Gasteiger partial charge in [0.1, 0.15) is 17.0 Å². The van der Waals surface area contributed by atoms with Gasteiger partial charge in [0.2, 0.25) is 5.95 Å². The summed E-state index contributed by atoms with van der Waals surface area (Å²) in [5, 5.41) is 12.9. The van der Waals surface area contributed by atoms with Crippen LogP contribution in [0.3, 0.4) is 0 Å². The van der Waals surface area contributed by atoms with Crippen LogP contribution in [0.25, 0.3) is 0 Å². The number of ether oxygens (including phenoxy) is 2. The number of halogens is 1. The number of anilines is 1. The van der Waals surface area contributed by atoms with Gasteiger partial charge >= 0.3 is 12.2 Å². The first-order chi connectivity index (χ1) is 34.8. The molecule has 0 bridgehead atoms. The molecule has 7 N–H and O–H groups in total. The fourth-order valence-electron chi connectivity index (χ4n) is 11.8. The highest BCUT2D eigenvalue weighted by atomic mass is 32.2. The van der Waals surface area contributed by atoms with Crippen LogP contribution in [-0.4, -0.2) is 96.2 Å². The molecule has 19 heteroatoms. The van der Waals surface area contributed by atoms with Crippen LogP contribution < -0.4 is 21.3 Å². The Morgan fingerprint density at radius 1 is 0.640 bits per heavy atom. The number of nitrogens with two attached hydrogens (primary N) is 3. The number of carbonyl (C=O) groups excluding carboxylic acids is 2. The van der Waals surface area contributed by atoms with E-state index < -0.39 is 42.2 Å². The van der Waals surface area contributed by atoms with Crippen molar-refractivity contribution in [3.63, 3.8) is 0 Å². The van der Waals surface area contributed by atoms with Crippen LogP contribution in [0, 0.1) is 53.3 Å². The number of amides is 2. The Morgan fingerprint density at radius 2 is 1.04 bits per heavy atom. The van der Waals surface area contributed by atoms with Crippen molar-refractivity contribution in [3.05, 3.63) is 42.3 Å². The Kier molecular flexibility index (Phi) is 19.8. The molecule has 2 saturated heterocycles. The third-order valence-corrected chi connectivity index (χ3v) is 17.6. The molecule has 2 aromatic heterocycles. The summed E-state index contributed by atoms with van der Waals surface area (Å²) in [6.45, 7) is 21.5. The molecular weight excluding hydrogens is 996 g/mol. The minimum atomic E-state index is -3.88. The second kappa shape index (κ2) is 24.6. The summed E-state index contributed by atoms with van der Waals surface area (Å²) in [4.78, 5) is 36.6. The first kappa shape index (κ1) is 60.6. The number of pyridine rings is 2. The third kappa shape index (κ3) is 20.0. The number of sulfonamides is 2. The molecule has 424 valence electrons. The van der Waals surface area contributed by atoms with Gasteiger partial charge in [-0.2, -0.15) is 4.39 Å². The zero-order valence-electron chi connectivity index (χ0n) is 46.9. The lowest BCUT2D eigenvalue weighted by Crippen LogP contribution is -2.45. The van der Waals surface area contributed by atoms with Crippen LogP contribution in [0.5, 0.6) is 0 Å². The van der Waals surface area contributed by atoms with Crippen molar-refractivity contribution in [1.29, 1.82) is 0 Å². The molecule has 2 aliphatic heterocycles. The summed E-state index contributed by atoms with van der Waals surface area (Å²) in [5.41, 5.74) is 5.16. The van der Waals surface area contributed by atoms with Crippen molar-refractivity contribution in [1.82, 2.24) is 19.8 Å². The lowest BCUT2D eigenvalue weighted by atomic mass is 9.87. The van der Waals surface area contributed by atoms with Crippen LogP contribution in [-0.2, 0) is 29.5 Å². The number of nitrogens with zero attached hydrogens (tertiary/aromatic N) is 4. The van der Waals surface area contributed by atoms with E-state index in [-0.39, 0.29) is 34.3 Å². The van der Waals surface area contributed by atoms with Gasteiger partial charge in [-0.15, -0.1) is 0 Å². The average molecular weight is 1090 g/mol. The van der Waals surface area contributed by atoms with Crippen LogP contribution in [0.2, 0.25) is 0 Å². The van der Waals surface area contributed by atoms with Gasteiger partial charge in [0, 0.05) is 36.3 Å². The molecular formula is C56H93FN8O8S2. The topological polar surface area (TPSA) is 243 Å². The maximum absolute atomic E-state index is 12.9. The monoisotopic (exact) mass is 1090 g/mol. The van der Waals surface area contributed by atoms with Crippen LogP contribution >= 0.6 is 0 Å². The lowest BCUT2D eigenvalue weighted by molar-refractivity contribution is 0.0118. The van der Waals surface area contributed by atoms with Gasteiger partial charge in [-0.25, -0.2) is 46.7 Å². The summed E-state index contributed by atoms with van der Waals surface area (Å²) < 4.78 is 68.3. The summed E-state index contributed by atoms with van der Waals surface area (Å²) >= 11 is 0. The Labute approximate surface area is 449 Å². The van der Waals surface area contributed by atoms with Gasteiger partial charge in [-0.3, -0.25) is 0 Å². The Morgan fingerprint density at radius 3 is 1.43 bits per heavy atom. The molecule has 4 atom stereocenters. The summed E-state index contributed by atoms with van der Waals surface area (Å²) in [7, 11) is -7.74. The van der Waals surface area contributed by atoms with Gasteiger partial charge in [0.15, 0.2) is 10.1 Å². The number of likely N-dealkylation sites (tertiary alicyclic amines) is 2. The standard InChI is InChI=1S/C28H46N4O4S.C23H42N2O2.C5H5FN2O2S/c1-27(2,3)36-26(33)32-18-19(17-28(32,4)5)9-14-22(15-16-23(20-10-11-20)21-12-13-21)30-24-7-6-8-25(31-24)37(29,34)35;1-22(2,3)27-21(26)25-15-16(14-23(25,4)5)6-11-19(24)12-13-20(17-7-8-17)18-9-10-18;6-4-2-1-3-5(8-4)11(7,9)10/h6-8,19-23H,9-18H2,1-5H3,(H,30,31)(H2,29,34,35);16-20H,6-15,24H2,1-5H3;1-3H,(H2,7,9,10)/t19-,22?;16-,19?;/m00./s1. The van der Waals surface area contributed by atoms with E-state index in [9.17, 15) is 30.8 Å². The first-order valence-electron chi connectivity index (χ1n) is 27.9. The largest absolute Gasteiger partial charge is 0.444 e. The molecule has 2 unspecified atom stereocenters. The lowest BCUT2D eigenvalue weighted by Gasteiger charge is -2.33. The molecule has 0 radical (unpaired) electrons. The van der Waals surface area contributed by atoms with E-state index >= 15 is 0 Å². The highest BCUT2D eigenvalue weighted by Gasteiger charge is 2.46. The van der Waals surface area contributed by atoms with Crippen molar-refractivity contribution >= 4 is 38.1 Å². The summed E-state index contributed by atoms with van der Waals surface area (Å²) in [6, 6.07) is 8.81. The molecule has 4 aliphatic carbocycles. The predicted octanol–water partition coefficient (Wildman–Crippen LogP) is 10.8. The van der Waals surface area contributed by atoms with Crippen molar-refractivity contribution in [3.8, 4) is 0 Å². The molecule has 4 saturated carbocycles. The number of nitrogens with one attached hydrogen (secondary N) is 1. The molecule has 75 heavy (non-hydrogen) atoms. The van der Waals surface area contributed by atoms with E-state index in [0.717, 1.165) is 99.1 Å². The van der Waals surface area contributed by atoms with Gasteiger partial charge in [0.25, 0.3) is 20.0 Å².